The Balaban J connectivity index is 1.14. The maximum Gasteiger partial charge on any atom is 0.148 e. The zero-order chi connectivity index (χ0) is 47.3. The van der Waals surface area contributed by atoms with Crippen LogP contribution in [0.2, 0.25) is 0 Å². The molecule has 0 fully saturated rings. The molecule has 334 valence electrons. The SMILES string of the molecule is Cc1ccccc1N(c1c(F)cc(-c2ccccc2)cc1-c1ccccc1)c1ccc2ccc3c(N(c4ccccc4C)c4c(F)cc(-c5ccccc5)cc4-c4ccccc4)ccc4ccc1c2c43. The molecule has 4 heteroatoms. The summed E-state index contributed by atoms with van der Waals surface area (Å²) in [5.41, 5.74) is 13.2. The molecule has 0 atom stereocenters. The predicted octanol–water partition coefficient (Wildman–Crippen LogP) is 19.1. The summed E-state index contributed by atoms with van der Waals surface area (Å²) in [7, 11) is 0. The molecule has 0 bridgehead atoms. The van der Waals surface area contributed by atoms with E-state index < -0.39 is 0 Å². The summed E-state index contributed by atoms with van der Waals surface area (Å²) < 4.78 is 35.5. The highest BCUT2D eigenvalue weighted by Gasteiger charge is 2.29. The van der Waals surface area contributed by atoms with Gasteiger partial charge in [-0.15, -0.1) is 0 Å². The normalized spacial score (nSPS) is 11.4. The van der Waals surface area contributed by atoms with Crippen LogP contribution in [0.5, 0.6) is 0 Å². The van der Waals surface area contributed by atoms with Crippen molar-refractivity contribution in [2.24, 2.45) is 0 Å². The Hall–Kier alpha value is -8.86. The van der Waals surface area contributed by atoms with E-state index in [2.05, 4.69) is 133 Å². The van der Waals surface area contributed by atoms with Gasteiger partial charge in [0.25, 0.3) is 0 Å². The number of hydrogen-bond acceptors (Lipinski definition) is 2. The lowest BCUT2D eigenvalue weighted by Crippen LogP contribution is -2.15. The van der Waals surface area contributed by atoms with Crippen LogP contribution in [0, 0.1) is 25.5 Å². The Labute approximate surface area is 406 Å². The van der Waals surface area contributed by atoms with Crippen molar-refractivity contribution in [3.8, 4) is 44.5 Å². The van der Waals surface area contributed by atoms with Crippen molar-refractivity contribution < 1.29 is 8.78 Å². The highest BCUT2D eigenvalue weighted by atomic mass is 19.1. The number of halogens is 2. The summed E-state index contributed by atoms with van der Waals surface area (Å²) in [6, 6.07) is 81.4. The maximum atomic E-state index is 17.8. The van der Waals surface area contributed by atoms with Gasteiger partial charge in [0.15, 0.2) is 0 Å². The van der Waals surface area contributed by atoms with Crippen molar-refractivity contribution in [3.05, 3.63) is 265 Å². The Kier molecular flexibility index (Phi) is 10.7. The zero-order valence-electron chi connectivity index (χ0n) is 38.7. The lowest BCUT2D eigenvalue weighted by atomic mass is 9.90. The van der Waals surface area contributed by atoms with Crippen LogP contribution in [0.1, 0.15) is 11.1 Å². The lowest BCUT2D eigenvalue weighted by Gasteiger charge is -2.32. The van der Waals surface area contributed by atoms with E-state index in [9.17, 15) is 0 Å². The topological polar surface area (TPSA) is 6.48 Å². The average Bonchev–Trinajstić information content (AvgIpc) is 3.41. The quantitative estimate of drug-likeness (QED) is 0.126. The summed E-state index contributed by atoms with van der Waals surface area (Å²) in [6.07, 6.45) is 0. The summed E-state index contributed by atoms with van der Waals surface area (Å²) in [6.45, 7) is 4.16. The van der Waals surface area contributed by atoms with E-state index in [1.54, 1.807) is 12.1 Å². The van der Waals surface area contributed by atoms with Gasteiger partial charge in [-0.1, -0.05) is 194 Å². The summed E-state index contributed by atoms with van der Waals surface area (Å²) in [5.74, 6) is -0.667. The van der Waals surface area contributed by atoms with Gasteiger partial charge in [0.05, 0.1) is 22.7 Å². The van der Waals surface area contributed by atoms with Crippen LogP contribution in [0.15, 0.2) is 243 Å². The van der Waals surface area contributed by atoms with Gasteiger partial charge in [0.2, 0.25) is 0 Å². The summed E-state index contributed by atoms with van der Waals surface area (Å²) in [4.78, 5) is 4.23. The lowest BCUT2D eigenvalue weighted by molar-refractivity contribution is 0.629. The van der Waals surface area contributed by atoms with E-state index >= 15 is 8.78 Å². The standard InChI is InChI=1S/C66H46F2N2/c1-43-19-15-17-29-59(43)69(65-55(47-25-11-5-12-26-47)39-51(41-57(65)67)45-21-7-3-8-22-45)61-37-33-49-32-36-54-62(38-34-50-31-35-53(61)63(49)64(50)54)70(60-30-18-16-20-44(60)2)66-56(48-27-13-6-14-28-48)40-52(42-58(66)68)46-23-9-4-10-24-46/h3-42H,1-2H3. The Morgan fingerprint density at radius 3 is 0.986 bits per heavy atom. The number of benzene rings is 12. The zero-order valence-corrected chi connectivity index (χ0v) is 38.7. The fourth-order valence-corrected chi connectivity index (χ4v) is 10.5. The molecule has 0 saturated carbocycles. The first-order chi connectivity index (χ1) is 34.4. The fraction of sp³-hybridized carbons (Fsp3) is 0.0303. The molecule has 0 saturated heterocycles. The summed E-state index contributed by atoms with van der Waals surface area (Å²) >= 11 is 0. The minimum Gasteiger partial charge on any atom is -0.306 e. The van der Waals surface area contributed by atoms with Gasteiger partial charge in [-0.05, 0) is 128 Å². The van der Waals surface area contributed by atoms with Crippen LogP contribution in [0.25, 0.3) is 76.8 Å². The second kappa shape index (κ2) is 17.7. The molecule has 0 aliphatic carbocycles. The Morgan fingerprint density at radius 2 is 0.614 bits per heavy atom. The molecular formula is C66H46F2N2. The van der Waals surface area contributed by atoms with Crippen molar-refractivity contribution in [2.45, 2.75) is 13.8 Å². The van der Waals surface area contributed by atoms with E-state index in [-0.39, 0.29) is 11.6 Å². The molecule has 0 heterocycles. The first-order valence-corrected chi connectivity index (χ1v) is 23.7. The van der Waals surface area contributed by atoms with Crippen LogP contribution in [0.4, 0.5) is 42.9 Å². The molecule has 12 rings (SSSR count). The molecule has 0 aliphatic heterocycles. The van der Waals surface area contributed by atoms with Crippen molar-refractivity contribution >= 4 is 66.4 Å². The number of aryl methyl sites for hydroxylation is 2. The minimum atomic E-state index is -0.333. The van der Waals surface area contributed by atoms with Crippen molar-refractivity contribution in [2.75, 3.05) is 9.80 Å². The molecule has 0 spiro atoms. The molecule has 12 aromatic carbocycles. The molecule has 70 heavy (non-hydrogen) atoms. The number of hydrogen-bond donors (Lipinski definition) is 0. The number of rotatable bonds is 10. The van der Waals surface area contributed by atoms with Crippen LogP contribution in [-0.2, 0) is 0 Å². The van der Waals surface area contributed by atoms with Crippen molar-refractivity contribution in [1.29, 1.82) is 0 Å². The van der Waals surface area contributed by atoms with E-state index in [0.29, 0.717) is 11.4 Å². The molecular weight excluding hydrogens is 859 g/mol. The monoisotopic (exact) mass is 904 g/mol. The molecule has 0 aliphatic rings. The minimum absolute atomic E-state index is 0.333. The van der Waals surface area contributed by atoms with Gasteiger partial charge >= 0.3 is 0 Å². The number of nitrogens with zero attached hydrogens (tertiary/aromatic N) is 2. The Morgan fingerprint density at radius 1 is 0.286 bits per heavy atom. The fourth-order valence-electron chi connectivity index (χ4n) is 10.5. The van der Waals surface area contributed by atoms with Gasteiger partial charge in [0, 0.05) is 33.3 Å². The van der Waals surface area contributed by atoms with Crippen molar-refractivity contribution in [3.63, 3.8) is 0 Å². The molecule has 2 nitrogen and oxygen atoms in total. The molecule has 0 aromatic heterocycles. The van der Waals surface area contributed by atoms with E-state index in [1.807, 2.05) is 121 Å². The molecule has 0 N–H and O–H groups in total. The van der Waals surface area contributed by atoms with Gasteiger partial charge in [-0.3, -0.25) is 0 Å². The van der Waals surface area contributed by atoms with Crippen LogP contribution in [-0.4, -0.2) is 0 Å². The van der Waals surface area contributed by atoms with E-state index in [1.165, 1.54) is 0 Å². The number of anilines is 6. The largest absolute Gasteiger partial charge is 0.306 e. The third-order valence-electron chi connectivity index (χ3n) is 13.8. The molecule has 0 unspecified atom stereocenters. The van der Waals surface area contributed by atoms with Gasteiger partial charge in [-0.2, -0.15) is 0 Å². The number of para-hydroxylation sites is 2. The van der Waals surface area contributed by atoms with E-state index in [4.69, 9.17) is 0 Å². The van der Waals surface area contributed by atoms with Gasteiger partial charge in [-0.25, -0.2) is 8.78 Å². The highest BCUT2D eigenvalue weighted by Crippen LogP contribution is 2.52. The molecule has 12 aromatic rings. The molecule has 0 radical (unpaired) electrons. The predicted molar refractivity (Wildman–Crippen MR) is 291 cm³/mol. The molecule has 0 amide bonds. The second-order valence-electron chi connectivity index (χ2n) is 18.0. The van der Waals surface area contributed by atoms with Crippen LogP contribution < -0.4 is 9.80 Å². The average molecular weight is 905 g/mol. The maximum absolute atomic E-state index is 17.8. The summed E-state index contributed by atoms with van der Waals surface area (Å²) in [5, 5.41) is 6.12. The highest BCUT2D eigenvalue weighted by molar-refractivity contribution is 6.28. The van der Waals surface area contributed by atoms with Gasteiger partial charge in [0.1, 0.15) is 11.6 Å². The third-order valence-corrected chi connectivity index (χ3v) is 13.8. The first-order valence-electron chi connectivity index (χ1n) is 23.7. The Bertz CT molecular complexity index is 3620. The first kappa shape index (κ1) is 42.5. The van der Waals surface area contributed by atoms with E-state index in [0.717, 1.165) is 111 Å². The van der Waals surface area contributed by atoms with Crippen molar-refractivity contribution in [1.82, 2.24) is 0 Å². The van der Waals surface area contributed by atoms with Crippen LogP contribution >= 0.6 is 0 Å². The van der Waals surface area contributed by atoms with Gasteiger partial charge < -0.3 is 9.80 Å². The third kappa shape index (κ3) is 7.33. The van der Waals surface area contributed by atoms with Crippen LogP contribution in [0.3, 0.4) is 0 Å². The second-order valence-corrected chi connectivity index (χ2v) is 18.0. The smallest absolute Gasteiger partial charge is 0.148 e.